The van der Waals surface area contributed by atoms with Gasteiger partial charge in [-0.3, -0.25) is 9.63 Å². The number of methoxy groups -OCH3 is 3. The summed E-state index contributed by atoms with van der Waals surface area (Å²) in [6.45, 7) is 4.41. The highest BCUT2D eigenvalue weighted by Gasteiger charge is 2.20. The number of rotatable bonds is 7. The van der Waals surface area contributed by atoms with Gasteiger partial charge in [0, 0.05) is 0 Å². The summed E-state index contributed by atoms with van der Waals surface area (Å²) in [6.07, 6.45) is 0. The van der Waals surface area contributed by atoms with Gasteiger partial charge in [-0.15, -0.1) is 0 Å². The van der Waals surface area contributed by atoms with Crippen LogP contribution in [-0.4, -0.2) is 33.8 Å². The van der Waals surface area contributed by atoms with Crippen molar-refractivity contribution in [1.82, 2.24) is 5.48 Å². The van der Waals surface area contributed by atoms with Gasteiger partial charge in [-0.05, 0) is 18.1 Å². The molecule has 0 saturated heterocycles. The van der Waals surface area contributed by atoms with Crippen LogP contribution in [-0.2, 0) is 4.84 Å². The number of benzene rings is 1. The zero-order valence-corrected chi connectivity index (χ0v) is 12.5. The Bertz CT molecular complexity index is 459. The Balaban J connectivity index is 2.97. The van der Waals surface area contributed by atoms with E-state index in [9.17, 15) is 4.79 Å². The molecule has 0 aliphatic rings. The number of hydroxylamine groups is 1. The van der Waals surface area contributed by atoms with Crippen LogP contribution in [0.1, 0.15) is 24.2 Å². The lowest BCUT2D eigenvalue weighted by atomic mass is 10.1. The normalized spacial score (nSPS) is 10.3. The van der Waals surface area contributed by atoms with Crippen molar-refractivity contribution in [3.8, 4) is 17.2 Å². The number of carbonyl (C=O) groups is 1. The third-order valence-electron chi connectivity index (χ3n) is 2.53. The van der Waals surface area contributed by atoms with Crippen molar-refractivity contribution >= 4 is 5.91 Å². The zero-order chi connectivity index (χ0) is 15.1. The van der Waals surface area contributed by atoms with Crippen LogP contribution in [0.25, 0.3) is 0 Å². The molecule has 0 bridgehead atoms. The quantitative estimate of drug-likeness (QED) is 0.776. The fourth-order valence-corrected chi connectivity index (χ4v) is 1.61. The second-order valence-corrected chi connectivity index (χ2v) is 4.52. The molecule has 0 fully saturated rings. The number of hydrogen-bond donors (Lipinski definition) is 1. The smallest absolute Gasteiger partial charge is 0.278 e. The van der Waals surface area contributed by atoms with Gasteiger partial charge >= 0.3 is 0 Å². The lowest BCUT2D eigenvalue weighted by molar-refractivity contribution is 0.0206. The second kappa shape index (κ2) is 7.59. The van der Waals surface area contributed by atoms with Gasteiger partial charge in [0.25, 0.3) is 5.91 Å². The van der Waals surface area contributed by atoms with Crippen molar-refractivity contribution in [1.29, 1.82) is 0 Å². The maximum absolute atomic E-state index is 12.1. The van der Waals surface area contributed by atoms with Gasteiger partial charge in [0.2, 0.25) is 5.75 Å². The first kappa shape index (κ1) is 16.1. The monoisotopic (exact) mass is 283 g/mol. The van der Waals surface area contributed by atoms with Gasteiger partial charge in [-0.2, -0.15) is 0 Å². The maximum Gasteiger partial charge on any atom is 0.278 e. The number of amides is 1. The first-order valence-corrected chi connectivity index (χ1v) is 6.26. The molecule has 0 unspecified atom stereocenters. The highest BCUT2D eigenvalue weighted by molar-refractivity contribution is 5.97. The Morgan fingerprint density at radius 3 is 2.25 bits per heavy atom. The lowest BCUT2D eigenvalue weighted by Gasteiger charge is -2.15. The SMILES string of the molecule is COc1ccc(C(=O)NOCC(C)C)c(OC)c1OC. The largest absolute Gasteiger partial charge is 0.493 e. The summed E-state index contributed by atoms with van der Waals surface area (Å²) in [7, 11) is 4.46. The van der Waals surface area contributed by atoms with Gasteiger partial charge in [0.15, 0.2) is 11.5 Å². The summed E-state index contributed by atoms with van der Waals surface area (Å²) in [5, 5.41) is 0. The molecule has 20 heavy (non-hydrogen) atoms. The van der Waals surface area contributed by atoms with E-state index in [4.69, 9.17) is 19.0 Å². The minimum absolute atomic E-state index is 0.303. The van der Waals surface area contributed by atoms with E-state index in [2.05, 4.69) is 5.48 Å². The molecule has 1 aromatic carbocycles. The molecule has 0 heterocycles. The summed E-state index contributed by atoms with van der Waals surface area (Å²) in [6, 6.07) is 3.23. The minimum Gasteiger partial charge on any atom is -0.493 e. The molecule has 112 valence electrons. The maximum atomic E-state index is 12.1. The molecule has 0 aromatic heterocycles. The van der Waals surface area contributed by atoms with Gasteiger partial charge in [-0.1, -0.05) is 13.8 Å². The van der Waals surface area contributed by atoms with Gasteiger partial charge in [-0.25, -0.2) is 5.48 Å². The van der Waals surface area contributed by atoms with Crippen LogP contribution in [0.3, 0.4) is 0 Å². The molecular weight excluding hydrogens is 262 g/mol. The van der Waals surface area contributed by atoms with Crippen molar-refractivity contribution in [2.45, 2.75) is 13.8 Å². The Labute approximate surface area is 118 Å². The third-order valence-corrected chi connectivity index (χ3v) is 2.53. The third kappa shape index (κ3) is 3.77. The van der Waals surface area contributed by atoms with Gasteiger partial charge in [0.1, 0.15) is 0 Å². The second-order valence-electron chi connectivity index (χ2n) is 4.52. The van der Waals surface area contributed by atoms with E-state index in [0.717, 1.165) is 0 Å². The summed E-state index contributed by atoms with van der Waals surface area (Å²) >= 11 is 0. The standard InChI is InChI=1S/C14H21NO5/c1-9(2)8-20-15-14(16)10-6-7-11(17-3)13(19-5)12(10)18-4/h6-7,9H,8H2,1-5H3,(H,15,16). The molecule has 0 radical (unpaired) electrons. The predicted molar refractivity (Wildman–Crippen MR) is 74.4 cm³/mol. The fourth-order valence-electron chi connectivity index (χ4n) is 1.61. The molecule has 0 aliphatic heterocycles. The van der Waals surface area contributed by atoms with Crippen LogP contribution < -0.4 is 19.7 Å². The fraction of sp³-hybridized carbons (Fsp3) is 0.500. The molecule has 6 nitrogen and oxygen atoms in total. The molecule has 0 atom stereocenters. The number of ether oxygens (including phenoxy) is 3. The van der Waals surface area contributed by atoms with E-state index in [-0.39, 0.29) is 0 Å². The highest BCUT2D eigenvalue weighted by Crippen LogP contribution is 2.39. The molecule has 0 spiro atoms. The van der Waals surface area contributed by atoms with E-state index >= 15 is 0 Å². The Kier molecular flexibility index (Phi) is 6.11. The van der Waals surface area contributed by atoms with Crippen LogP contribution in [0.2, 0.25) is 0 Å². The van der Waals surface area contributed by atoms with Crippen molar-refractivity contribution < 1.29 is 23.8 Å². The molecule has 1 rings (SSSR count). The van der Waals surface area contributed by atoms with Crippen LogP contribution in [0.4, 0.5) is 0 Å². The van der Waals surface area contributed by atoms with E-state index in [1.807, 2.05) is 13.8 Å². The average molecular weight is 283 g/mol. The molecule has 1 amide bonds. The summed E-state index contributed by atoms with van der Waals surface area (Å²) in [5.74, 6) is 1.08. The Morgan fingerprint density at radius 1 is 1.10 bits per heavy atom. The van der Waals surface area contributed by atoms with Crippen molar-refractivity contribution in [2.24, 2.45) is 5.92 Å². The topological polar surface area (TPSA) is 66.0 Å². The zero-order valence-electron chi connectivity index (χ0n) is 12.5. The molecular formula is C14H21NO5. The van der Waals surface area contributed by atoms with Crippen LogP contribution in [0, 0.1) is 5.92 Å². The van der Waals surface area contributed by atoms with Gasteiger partial charge in [0.05, 0.1) is 33.5 Å². The van der Waals surface area contributed by atoms with E-state index < -0.39 is 5.91 Å². The van der Waals surface area contributed by atoms with Crippen molar-refractivity contribution in [2.75, 3.05) is 27.9 Å². The van der Waals surface area contributed by atoms with Crippen molar-refractivity contribution in [3.63, 3.8) is 0 Å². The minimum atomic E-state index is -0.400. The molecule has 1 N–H and O–H groups in total. The van der Waals surface area contributed by atoms with Gasteiger partial charge < -0.3 is 14.2 Å². The van der Waals surface area contributed by atoms with E-state index in [0.29, 0.717) is 35.3 Å². The number of carbonyl (C=O) groups excluding carboxylic acids is 1. The average Bonchev–Trinajstić information content (AvgIpc) is 2.44. The summed E-state index contributed by atoms with van der Waals surface area (Å²) in [4.78, 5) is 17.2. The van der Waals surface area contributed by atoms with Crippen LogP contribution >= 0.6 is 0 Å². The van der Waals surface area contributed by atoms with Crippen LogP contribution in [0.15, 0.2) is 12.1 Å². The molecule has 0 aliphatic carbocycles. The van der Waals surface area contributed by atoms with Crippen molar-refractivity contribution in [3.05, 3.63) is 17.7 Å². The number of hydrogen-bond acceptors (Lipinski definition) is 5. The predicted octanol–water partition coefficient (Wildman–Crippen LogP) is 2.03. The highest BCUT2D eigenvalue weighted by atomic mass is 16.7. The lowest BCUT2D eigenvalue weighted by Crippen LogP contribution is -2.26. The molecule has 1 aromatic rings. The van der Waals surface area contributed by atoms with Crippen LogP contribution in [0.5, 0.6) is 17.2 Å². The molecule has 0 saturated carbocycles. The summed E-state index contributed by atoms with van der Waals surface area (Å²) in [5.41, 5.74) is 2.69. The molecule has 6 heteroatoms. The Morgan fingerprint density at radius 2 is 1.75 bits per heavy atom. The van der Waals surface area contributed by atoms with E-state index in [1.54, 1.807) is 12.1 Å². The summed E-state index contributed by atoms with van der Waals surface area (Å²) < 4.78 is 15.6. The first-order chi connectivity index (χ1) is 9.54. The first-order valence-electron chi connectivity index (χ1n) is 6.26. The number of nitrogens with one attached hydrogen (secondary N) is 1. The Hall–Kier alpha value is -1.95. The van der Waals surface area contributed by atoms with E-state index in [1.165, 1.54) is 21.3 Å².